The second-order valence-electron chi connectivity index (χ2n) is 8.15. The van der Waals surface area contributed by atoms with Gasteiger partial charge in [-0.3, -0.25) is 9.59 Å². The minimum Gasteiger partial charge on any atom is -0.336 e. The summed E-state index contributed by atoms with van der Waals surface area (Å²) in [6.45, 7) is 9.84. The first-order valence-corrected chi connectivity index (χ1v) is 10.4. The van der Waals surface area contributed by atoms with Gasteiger partial charge in [-0.1, -0.05) is 35.9 Å². The maximum Gasteiger partial charge on any atom is 0.243 e. The summed E-state index contributed by atoms with van der Waals surface area (Å²) >= 11 is 0. The second-order valence-corrected chi connectivity index (χ2v) is 8.15. The van der Waals surface area contributed by atoms with Gasteiger partial charge in [0, 0.05) is 24.0 Å². The summed E-state index contributed by atoms with van der Waals surface area (Å²) < 4.78 is 1.85. The van der Waals surface area contributed by atoms with E-state index in [1.54, 1.807) is 7.05 Å². The number of carbonyl (C=O) groups is 2. The van der Waals surface area contributed by atoms with Crippen molar-refractivity contribution in [2.45, 2.75) is 41.0 Å². The first-order valence-electron chi connectivity index (χ1n) is 10.4. The van der Waals surface area contributed by atoms with E-state index < -0.39 is 0 Å². The molecule has 0 spiro atoms. The highest BCUT2D eigenvalue weighted by Gasteiger charge is 2.20. The molecule has 0 aliphatic heterocycles. The largest absolute Gasteiger partial charge is 0.336 e. The lowest BCUT2D eigenvalue weighted by Gasteiger charge is -2.18. The van der Waals surface area contributed by atoms with E-state index >= 15 is 0 Å². The standard InChI is InChI=1S/C25H30N4O2/c1-16-12-17(2)25(18(3)13-16)26-23(30)15-28(6)24(31)14-22-19(4)27-29(20(22)5)21-10-8-7-9-11-21/h7-13H,14-15H2,1-6H3,(H,26,30). The lowest BCUT2D eigenvalue weighted by molar-refractivity contribution is -0.132. The van der Waals surface area contributed by atoms with Crippen LogP contribution in [0.3, 0.4) is 0 Å². The summed E-state index contributed by atoms with van der Waals surface area (Å²) in [5.41, 5.74) is 7.59. The summed E-state index contributed by atoms with van der Waals surface area (Å²) in [6, 6.07) is 13.9. The Kier molecular flexibility index (Phi) is 6.59. The van der Waals surface area contributed by atoms with Crippen LogP contribution in [-0.4, -0.2) is 40.1 Å². The molecule has 3 aromatic rings. The number of hydrogen-bond donors (Lipinski definition) is 1. The van der Waals surface area contributed by atoms with Crippen LogP contribution in [0.2, 0.25) is 0 Å². The zero-order valence-electron chi connectivity index (χ0n) is 19.1. The highest BCUT2D eigenvalue weighted by molar-refractivity contribution is 5.96. The average molecular weight is 419 g/mol. The number of carbonyl (C=O) groups excluding carboxylic acids is 2. The predicted molar refractivity (Wildman–Crippen MR) is 124 cm³/mol. The first kappa shape index (κ1) is 22.3. The number of aromatic nitrogens is 2. The Hall–Kier alpha value is -3.41. The fourth-order valence-corrected chi connectivity index (χ4v) is 3.90. The van der Waals surface area contributed by atoms with Gasteiger partial charge in [-0.25, -0.2) is 4.68 Å². The highest BCUT2D eigenvalue weighted by atomic mass is 16.2. The SMILES string of the molecule is Cc1cc(C)c(NC(=O)CN(C)C(=O)Cc2c(C)nn(-c3ccccc3)c2C)c(C)c1. The fraction of sp³-hybridized carbons (Fsp3) is 0.320. The monoisotopic (exact) mass is 418 g/mol. The molecule has 0 aliphatic carbocycles. The quantitative estimate of drug-likeness (QED) is 0.657. The summed E-state index contributed by atoms with van der Waals surface area (Å²) in [6.07, 6.45) is 0.205. The predicted octanol–water partition coefficient (Wildman–Crippen LogP) is 4.05. The van der Waals surface area contributed by atoms with Crippen LogP contribution in [0.4, 0.5) is 5.69 Å². The molecule has 31 heavy (non-hydrogen) atoms. The van der Waals surface area contributed by atoms with Crippen molar-refractivity contribution in [1.29, 1.82) is 0 Å². The van der Waals surface area contributed by atoms with Gasteiger partial charge >= 0.3 is 0 Å². The Morgan fingerprint density at radius 1 is 1.00 bits per heavy atom. The van der Waals surface area contributed by atoms with E-state index in [1.807, 2.05) is 81.8 Å². The third-order valence-electron chi connectivity index (χ3n) is 5.52. The Labute approximate surface area is 183 Å². The molecule has 1 aromatic heterocycles. The molecule has 0 saturated carbocycles. The van der Waals surface area contributed by atoms with Crippen molar-refractivity contribution in [3.8, 4) is 5.69 Å². The molecule has 1 heterocycles. The molecule has 2 aromatic carbocycles. The molecule has 1 N–H and O–H groups in total. The number of nitrogens with one attached hydrogen (secondary N) is 1. The molecule has 2 amide bonds. The summed E-state index contributed by atoms with van der Waals surface area (Å²) in [5.74, 6) is -0.328. The van der Waals surface area contributed by atoms with Gasteiger partial charge in [0.05, 0.1) is 24.3 Å². The molecule has 162 valence electrons. The number of likely N-dealkylation sites (N-methyl/N-ethyl adjacent to an activating group) is 1. The summed E-state index contributed by atoms with van der Waals surface area (Å²) in [7, 11) is 1.66. The fourth-order valence-electron chi connectivity index (χ4n) is 3.90. The lowest BCUT2D eigenvalue weighted by Crippen LogP contribution is -2.36. The van der Waals surface area contributed by atoms with Gasteiger partial charge in [-0.05, 0) is 57.9 Å². The molecular formula is C25H30N4O2. The first-order chi connectivity index (χ1) is 14.7. The number of anilines is 1. The molecule has 6 heteroatoms. The van der Waals surface area contributed by atoms with Gasteiger partial charge in [0.25, 0.3) is 0 Å². The smallest absolute Gasteiger partial charge is 0.243 e. The van der Waals surface area contributed by atoms with Crippen molar-refractivity contribution < 1.29 is 9.59 Å². The highest BCUT2D eigenvalue weighted by Crippen LogP contribution is 2.22. The molecule has 6 nitrogen and oxygen atoms in total. The van der Waals surface area contributed by atoms with E-state index in [-0.39, 0.29) is 24.8 Å². The minimum absolute atomic E-state index is 0.00346. The number of amides is 2. The number of rotatable bonds is 6. The number of hydrogen-bond acceptors (Lipinski definition) is 3. The Balaban J connectivity index is 1.68. The van der Waals surface area contributed by atoms with Gasteiger partial charge in [0.2, 0.25) is 11.8 Å². The zero-order chi connectivity index (χ0) is 22.7. The van der Waals surface area contributed by atoms with Crippen LogP contribution >= 0.6 is 0 Å². The molecule has 0 radical (unpaired) electrons. The van der Waals surface area contributed by atoms with Crippen LogP contribution in [0.15, 0.2) is 42.5 Å². The maximum atomic E-state index is 12.8. The van der Waals surface area contributed by atoms with Gasteiger partial charge in [-0.15, -0.1) is 0 Å². The van der Waals surface area contributed by atoms with Crippen molar-refractivity contribution in [3.05, 3.63) is 76.1 Å². The second kappa shape index (κ2) is 9.16. The van der Waals surface area contributed by atoms with Crippen molar-refractivity contribution in [3.63, 3.8) is 0 Å². The number of para-hydroxylation sites is 1. The third-order valence-corrected chi connectivity index (χ3v) is 5.52. The van der Waals surface area contributed by atoms with Crippen LogP contribution in [0, 0.1) is 34.6 Å². The third kappa shape index (κ3) is 5.02. The Bertz CT molecular complexity index is 1090. The zero-order valence-corrected chi connectivity index (χ0v) is 19.1. The number of benzene rings is 2. The maximum absolute atomic E-state index is 12.8. The molecule has 0 bridgehead atoms. The van der Waals surface area contributed by atoms with E-state index in [1.165, 1.54) is 4.90 Å². The molecule has 3 rings (SSSR count). The van der Waals surface area contributed by atoms with E-state index in [0.29, 0.717) is 0 Å². The van der Waals surface area contributed by atoms with E-state index in [0.717, 1.165) is 45.0 Å². The summed E-state index contributed by atoms with van der Waals surface area (Å²) in [5, 5.41) is 7.56. The van der Waals surface area contributed by atoms with Crippen molar-refractivity contribution >= 4 is 17.5 Å². The summed E-state index contributed by atoms with van der Waals surface area (Å²) in [4.78, 5) is 26.9. The normalized spacial score (nSPS) is 10.8. The molecule has 0 unspecified atom stereocenters. The van der Waals surface area contributed by atoms with Gasteiger partial charge < -0.3 is 10.2 Å². The van der Waals surface area contributed by atoms with Crippen LogP contribution in [0.5, 0.6) is 0 Å². The van der Waals surface area contributed by atoms with Crippen LogP contribution in [0.1, 0.15) is 33.6 Å². The topological polar surface area (TPSA) is 67.2 Å². The van der Waals surface area contributed by atoms with E-state index in [4.69, 9.17) is 0 Å². The molecular weight excluding hydrogens is 388 g/mol. The molecule has 0 saturated heterocycles. The van der Waals surface area contributed by atoms with E-state index in [9.17, 15) is 9.59 Å². The van der Waals surface area contributed by atoms with Gasteiger partial charge in [0.15, 0.2) is 0 Å². The number of aryl methyl sites for hydroxylation is 4. The molecule has 0 atom stereocenters. The van der Waals surface area contributed by atoms with Gasteiger partial charge in [-0.2, -0.15) is 5.10 Å². The van der Waals surface area contributed by atoms with Crippen LogP contribution < -0.4 is 5.32 Å². The Morgan fingerprint density at radius 2 is 1.61 bits per heavy atom. The molecule has 0 aliphatic rings. The van der Waals surface area contributed by atoms with Crippen molar-refractivity contribution in [1.82, 2.24) is 14.7 Å². The molecule has 0 fully saturated rings. The lowest BCUT2D eigenvalue weighted by atomic mass is 10.1. The van der Waals surface area contributed by atoms with Crippen LogP contribution in [-0.2, 0) is 16.0 Å². The number of nitrogens with zero attached hydrogens (tertiary/aromatic N) is 3. The van der Waals surface area contributed by atoms with Crippen molar-refractivity contribution in [2.24, 2.45) is 0 Å². The average Bonchev–Trinajstić information content (AvgIpc) is 2.99. The minimum atomic E-state index is -0.209. The Morgan fingerprint density at radius 3 is 2.23 bits per heavy atom. The van der Waals surface area contributed by atoms with E-state index in [2.05, 4.69) is 10.4 Å². The van der Waals surface area contributed by atoms with Gasteiger partial charge in [0.1, 0.15) is 0 Å². The van der Waals surface area contributed by atoms with Crippen molar-refractivity contribution in [2.75, 3.05) is 18.9 Å². The van der Waals surface area contributed by atoms with Crippen LogP contribution in [0.25, 0.3) is 5.69 Å².